The second-order valence-electron chi connectivity index (χ2n) is 4.63. The van der Waals surface area contributed by atoms with Gasteiger partial charge < -0.3 is 14.1 Å². The first-order valence-electron chi connectivity index (χ1n) is 6.02. The topological polar surface area (TPSA) is 68.3 Å². The number of carboxylic acids is 1. The van der Waals surface area contributed by atoms with Crippen LogP contribution in [0.3, 0.4) is 0 Å². The summed E-state index contributed by atoms with van der Waals surface area (Å²) in [6.07, 6.45) is 5.64. The van der Waals surface area contributed by atoms with E-state index in [1.165, 1.54) is 0 Å². The van der Waals surface area contributed by atoms with Gasteiger partial charge in [-0.1, -0.05) is 0 Å². The Morgan fingerprint density at radius 1 is 1.61 bits per heavy atom. The number of rotatable bonds is 3. The summed E-state index contributed by atoms with van der Waals surface area (Å²) in [5.74, 6) is 0.847. The SMILES string of the molecule is O=C(O)C1CCc2nc(Cc3ccco3)cn2C1. The molecule has 1 aliphatic heterocycles. The number of aliphatic carboxylic acids is 1. The van der Waals surface area contributed by atoms with Gasteiger partial charge in [0.25, 0.3) is 0 Å². The molecule has 0 amide bonds. The summed E-state index contributed by atoms with van der Waals surface area (Å²) >= 11 is 0. The van der Waals surface area contributed by atoms with E-state index in [2.05, 4.69) is 4.98 Å². The standard InChI is InChI=1S/C13H14N2O3/c16-13(17)9-3-4-12-14-10(8-15(12)7-9)6-11-2-1-5-18-11/h1-2,5,8-9H,3-4,6-7H2,(H,16,17). The summed E-state index contributed by atoms with van der Waals surface area (Å²) < 4.78 is 7.24. The molecule has 0 fully saturated rings. The van der Waals surface area contributed by atoms with Gasteiger partial charge in [-0.25, -0.2) is 4.98 Å². The molecule has 0 aromatic carbocycles. The van der Waals surface area contributed by atoms with E-state index in [1.54, 1.807) is 6.26 Å². The van der Waals surface area contributed by atoms with Crippen molar-refractivity contribution in [3.05, 3.63) is 41.9 Å². The monoisotopic (exact) mass is 246 g/mol. The molecule has 0 bridgehead atoms. The number of carbonyl (C=O) groups is 1. The smallest absolute Gasteiger partial charge is 0.308 e. The number of nitrogens with zero attached hydrogens (tertiary/aromatic N) is 2. The molecule has 2 aromatic heterocycles. The van der Waals surface area contributed by atoms with Gasteiger partial charge in [0.1, 0.15) is 11.6 Å². The van der Waals surface area contributed by atoms with Crippen molar-refractivity contribution in [2.45, 2.75) is 25.8 Å². The summed E-state index contributed by atoms with van der Waals surface area (Å²) in [6.45, 7) is 0.524. The second-order valence-corrected chi connectivity index (χ2v) is 4.63. The number of imidazole rings is 1. The largest absolute Gasteiger partial charge is 0.481 e. The molecule has 0 saturated carbocycles. The minimum atomic E-state index is -0.720. The summed E-state index contributed by atoms with van der Waals surface area (Å²) in [4.78, 5) is 15.5. The lowest BCUT2D eigenvalue weighted by Gasteiger charge is -2.19. The number of fused-ring (bicyclic) bond motifs is 1. The Kier molecular flexibility index (Phi) is 2.66. The van der Waals surface area contributed by atoms with E-state index in [9.17, 15) is 4.79 Å². The summed E-state index contributed by atoms with van der Waals surface area (Å²) in [6, 6.07) is 3.77. The molecule has 1 atom stereocenters. The predicted octanol–water partition coefficient (Wildman–Crippen LogP) is 1.71. The maximum absolute atomic E-state index is 11.0. The van der Waals surface area contributed by atoms with Gasteiger partial charge >= 0.3 is 5.97 Å². The van der Waals surface area contributed by atoms with E-state index in [1.807, 2.05) is 22.9 Å². The Labute approximate surface area is 104 Å². The molecule has 1 unspecified atom stereocenters. The molecule has 5 nitrogen and oxygen atoms in total. The number of hydrogen-bond donors (Lipinski definition) is 1. The van der Waals surface area contributed by atoms with E-state index in [0.717, 1.165) is 23.7 Å². The first kappa shape index (κ1) is 11.1. The highest BCUT2D eigenvalue weighted by Gasteiger charge is 2.25. The van der Waals surface area contributed by atoms with E-state index in [-0.39, 0.29) is 5.92 Å². The van der Waals surface area contributed by atoms with Crippen LogP contribution in [-0.2, 0) is 24.2 Å². The lowest BCUT2D eigenvalue weighted by Crippen LogP contribution is -2.26. The number of carboxylic acid groups (broad SMARTS) is 1. The highest BCUT2D eigenvalue weighted by molar-refractivity contribution is 5.70. The number of aromatic nitrogens is 2. The Balaban J connectivity index is 1.78. The van der Waals surface area contributed by atoms with E-state index >= 15 is 0 Å². The third-order valence-corrected chi connectivity index (χ3v) is 3.33. The van der Waals surface area contributed by atoms with E-state index < -0.39 is 5.97 Å². The van der Waals surface area contributed by atoms with E-state index in [4.69, 9.17) is 9.52 Å². The lowest BCUT2D eigenvalue weighted by molar-refractivity contribution is -0.142. The van der Waals surface area contributed by atoms with Crippen LogP contribution >= 0.6 is 0 Å². The average molecular weight is 246 g/mol. The van der Waals surface area contributed by atoms with Gasteiger partial charge in [-0.05, 0) is 18.6 Å². The van der Waals surface area contributed by atoms with Crippen LogP contribution in [0.15, 0.2) is 29.0 Å². The number of furan rings is 1. The van der Waals surface area contributed by atoms with Crippen molar-refractivity contribution in [3.63, 3.8) is 0 Å². The molecule has 5 heteroatoms. The maximum atomic E-state index is 11.0. The van der Waals surface area contributed by atoms with E-state index in [0.29, 0.717) is 19.4 Å². The molecular weight excluding hydrogens is 232 g/mol. The van der Waals surface area contributed by atoms with Gasteiger partial charge in [0, 0.05) is 25.6 Å². The first-order chi connectivity index (χ1) is 8.72. The van der Waals surface area contributed by atoms with Gasteiger partial charge in [-0.3, -0.25) is 4.79 Å². The maximum Gasteiger partial charge on any atom is 0.308 e. The van der Waals surface area contributed by atoms with Crippen LogP contribution in [0.2, 0.25) is 0 Å². The van der Waals surface area contributed by atoms with Gasteiger partial charge in [0.2, 0.25) is 0 Å². The third-order valence-electron chi connectivity index (χ3n) is 3.33. The molecule has 0 saturated heterocycles. The molecule has 1 aliphatic rings. The normalized spacial score (nSPS) is 18.6. The van der Waals surface area contributed by atoms with Crippen molar-refractivity contribution in [3.8, 4) is 0 Å². The zero-order valence-corrected chi connectivity index (χ0v) is 9.87. The zero-order valence-electron chi connectivity index (χ0n) is 9.87. The average Bonchev–Trinajstić information content (AvgIpc) is 2.96. The summed E-state index contributed by atoms with van der Waals surface area (Å²) in [5.41, 5.74) is 0.936. The highest BCUT2D eigenvalue weighted by Crippen LogP contribution is 2.21. The molecule has 0 radical (unpaired) electrons. The van der Waals surface area contributed by atoms with Gasteiger partial charge in [0.05, 0.1) is 17.9 Å². The fourth-order valence-corrected chi connectivity index (χ4v) is 2.38. The minimum Gasteiger partial charge on any atom is -0.481 e. The Morgan fingerprint density at radius 2 is 2.50 bits per heavy atom. The van der Waals surface area contributed by atoms with Gasteiger partial charge in [-0.2, -0.15) is 0 Å². The fraction of sp³-hybridized carbons (Fsp3) is 0.385. The van der Waals surface area contributed by atoms with Crippen molar-refractivity contribution in [2.24, 2.45) is 5.92 Å². The van der Waals surface area contributed by atoms with Crippen molar-refractivity contribution < 1.29 is 14.3 Å². The van der Waals surface area contributed by atoms with Crippen LogP contribution in [-0.4, -0.2) is 20.6 Å². The molecule has 94 valence electrons. The third kappa shape index (κ3) is 2.03. The molecule has 3 rings (SSSR count). The molecule has 1 N–H and O–H groups in total. The Morgan fingerprint density at radius 3 is 3.22 bits per heavy atom. The fourth-order valence-electron chi connectivity index (χ4n) is 2.38. The van der Waals surface area contributed by atoms with Gasteiger partial charge in [-0.15, -0.1) is 0 Å². The Hall–Kier alpha value is -2.04. The number of hydrogen-bond acceptors (Lipinski definition) is 3. The number of aryl methyl sites for hydroxylation is 1. The van der Waals surface area contributed by atoms with Crippen molar-refractivity contribution >= 4 is 5.97 Å². The van der Waals surface area contributed by atoms with Crippen LogP contribution < -0.4 is 0 Å². The van der Waals surface area contributed by atoms with Crippen LogP contribution in [0, 0.1) is 5.92 Å². The second kappa shape index (κ2) is 4.33. The van der Waals surface area contributed by atoms with Crippen molar-refractivity contribution in [2.75, 3.05) is 0 Å². The van der Waals surface area contributed by atoms with Crippen LogP contribution in [0.25, 0.3) is 0 Å². The van der Waals surface area contributed by atoms with Crippen molar-refractivity contribution in [1.82, 2.24) is 9.55 Å². The van der Waals surface area contributed by atoms with Crippen LogP contribution in [0.5, 0.6) is 0 Å². The molecule has 0 aliphatic carbocycles. The lowest BCUT2D eigenvalue weighted by atomic mass is 10.00. The molecular formula is C13H14N2O3. The highest BCUT2D eigenvalue weighted by atomic mass is 16.4. The zero-order chi connectivity index (χ0) is 12.5. The summed E-state index contributed by atoms with van der Waals surface area (Å²) in [5, 5.41) is 9.03. The summed E-state index contributed by atoms with van der Waals surface area (Å²) in [7, 11) is 0. The van der Waals surface area contributed by atoms with Crippen LogP contribution in [0.1, 0.15) is 23.7 Å². The molecule has 2 aromatic rings. The Bertz CT molecular complexity index is 557. The van der Waals surface area contributed by atoms with Gasteiger partial charge in [0.15, 0.2) is 0 Å². The van der Waals surface area contributed by atoms with Crippen molar-refractivity contribution in [1.29, 1.82) is 0 Å². The first-order valence-corrected chi connectivity index (χ1v) is 6.02. The molecule has 18 heavy (non-hydrogen) atoms. The molecule has 0 spiro atoms. The quantitative estimate of drug-likeness (QED) is 0.895. The predicted molar refractivity (Wildman–Crippen MR) is 63.2 cm³/mol. The minimum absolute atomic E-state index is 0.289. The molecule has 3 heterocycles. The van der Waals surface area contributed by atoms with Crippen LogP contribution in [0.4, 0.5) is 0 Å².